The van der Waals surface area contributed by atoms with Gasteiger partial charge in [0, 0.05) is 12.4 Å². The van der Waals surface area contributed by atoms with Crippen molar-refractivity contribution >= 4 is 6.09 Å². The number of methoxy groups -OCH3 is 1. The lowest BCUT2D eigenvalue weighted by Gasteiger charge is -2.25. The Morgan fingerprint density at radius 3 is 2.50 bits per heavy atom. The summed E-state index contributed by atoms with van der Waals surface area (Å²) in [5.74, 6) is 0. The third kappa shape index (κ3) is 2.45. The van der Waals surface area contributed by atoms with Crippen molar-refractivity contribution in [1.82, 2.24) is 10.3 Å². The van der Waals surface area contributed by atoms with Gasteiger partial charge in [0.05, 0.1) is 12.6 Å². The summed E-state index contributed by atoms with van der Waals surface area (Å²) in [7, 11) is 1.35. The van der Waals surface area contributed by atoms with Gasteiger partial charge in [-0.05, 0) is 31.5 Å². The maximum Gasteiger partial charge on any atom is 0.407 e. The van der Waals surface area contributed by atoms with Crippen LogP contribution >= 0.6 is 0 Å². The van der Waals surface area contributed by atoms with Crippen LogP contribution in [0.1, 0.15) is 19.4 Å². The van der Waals surface area contributed by atoms with E-state index in [-0.39, 0.29) is 0 Å². The largest absolute Gasteiger partial charge is 0.453 e. The molecular formula is C10H14N2O2. The van der Waals surface area contributed by atoms with Gasteiger partial charge >= 0.3 is 6.09 Å². The summed E-state index contributed by atoms with van der Waals surface area (Å²) in [5.41, 5.74) is 0.536. The van der Waals surface area contributed by atoms with Crippen molar-refractivity contribution < 1.29 is 9.53 Å². The van der Waals surface area contributed by atoms with Crippen molar-refractivity contribution in [3.63, 3.8) is 0 Å². The smallest absolute Gasteiger partial charge is 0.407 e. The Kier molecular flexibility index (Phi) is 3.06. The Morgan fingerprint density at radius 1 is 1.43 bits per heavy atom. The van der Waals surface area contributed by atoms with Crippen molar-refractivity contribution in [2.75, 3.05) is 7.11 Å². The lowest BCUT2D eigenvalue weighted by Crippen LogP contribution is -2.40. The summed E-state index contributed by atoms with van der Waals surface area (Å²) in [6.45, 7) is 3.80. The van der Waals surface area contributed by atoms with E-state index in [1.54, 1.807) is 12.4 Å². The van der Waals surface area contributed by atoms with E-state index < -0.39 is 11.6 Å². The molecule has 0 saturated carbocycles. The van der Waals surface area contributed by atoms with Crippen molar-refractivity contribution in [2.45, 2.75) is 19.4 Å². The van der Waals surface area contributed by atoms with Gasteiger partial charge in [0.2, 0.25) is 0 Å². The second-order valence-corrected chi connectivity index (χ2v) is 3.48. The molecule has 0 aliphatic rings. The van der Waals surface area contributed by atoms with Gasteiger partial charge in [0.1, 0.15) is 0 Å². The minimum absolute atomic E-state index is 0.438. The molecule has 0 fully saturated rings. The van der Waals surface area contributed by atoms with Gasteiger partial charge in [-0.15, -0.1) is 0 Å². The Morgan fingerprint density at radius 2 is 2.00 bits per heavy atom. The number of hydrogen-bond acceptors (Lipinski definition) is 3. The van der Waals surface area contributed by atoms with Crippen LogP contribution < -0.4 is 5.32 Å². The zero-order chi connectivity index (χ0) is 10.6. The highest BCUT2D eigenvalue weighted by Crippen LogP contribution is 2.18. The van der Waals surface area contributed by atoms with Crippen LogP contribution in [-0.2, 0) is 10.3 Å². The average molecular weight is 194 g/mol. The maximum absolute atomic E-state index is 11.1. The molecule has 0 unspecified atom stereocenters. The van der Waals surface area contributed by atoms with Crippen LogP contribution in [0.3, 0.4) is 0 Å². The normalized spacial score (nSPS) is 10.8. The molecule has 1 heterocycles. The third-order valence-electron chi connectivity index (χ3n) is 2.00. The summed E-state index contributed by atoms with van der Waals surface area (Å²) >= 11 is 0. The molecule has 14 heavy (non-hydrogen) atoms. The first kappa shape index (κ1) is 10.5. The molecule has 1 aromatic rings. The highest BCUT2D eigenvalue weighted by atomic mass is 16.5. The van der Waals surface area contributed by atoms with E-state index in [0.29, 0.717) is 0 Å². The fourth-order valence-corrected chi connectivity index (χ4v) is 1.15. The van der Waals surface area contributed by atoms with Crippen molar-refractivity contribution in [1.29, 1.82) is 0 Å². The lowest BCUT2D eigenvalue weighted by molar-refractivity contribution is 0.159. The summed E-state index contributed by atoms with van der Waals surface area (Å²) in [6, 6.07) is 3.71. The lowest BCUT2D eigenvalue weighted by atomic mass is 9.96. The van der Waals surface area contributed by atoms with Gasteiger partial charge in [-0.1, -0.05) is 0 Å². The predicted octanol–water partition coefficient (Wildman–Crippen LogP) is 1.67. The van der Waals surface area contributed by atoms with E-state index >= 15 is 0 Å². The zero-order valence-electron chi connectivity index (χ0n) is 8.57. The molecule has 0 atom stereocenters. The number of hydrogen-bond donors (Lipinski definition) is 1. The second kappa shape index (κ2) is 4.09. The van der Waals surface area contributed by atoms with E-state index in [1.807, 2.05) is 26.0 Å². The molecule has 4 heteroatoms. The highest BCUT2D eigenvalue weighted by molar-refractivity contribution is 5.68. The quantitative estimate of drug-likeness (QED) is 0.779. The number of ether oxygens (including phenoxy) is 1. The third-order valence-corrected chi connectivity index (χ3v) is 2.00. The molecule has 1 aromatic heterocycles. The van der Waals surface area contributed by atoms with Gasteiger partial charge < -0.3 is 10.1 Å². The summed E-state index contributed by atoms with van der Waals surface area (Å²) in [6.07, 6.45) is 2.94. The van der Waals surface area contributed by atoms with Crippen molar-refractivity contribution in [3.05, 3.63) is 30.1 Å². The Balaban J connectivity index is 2.80. The van der Waals surface area contributed by atoms with Gasteiger partial charge in [0.15, 0.2) is 0 Å². The second-order valence-electron chi connectivity index (χ2n) is 3.48. The van der Waals surface area contributed by atoms with Crippen LogP contribution in [0.5, 0.6) is 0 Å². The van der Waals surface area contributed by atoms with E-state index in [0.717, 1.165) is 5.56 Å². The molecule has 76 valence electrons. The minimum Gasteiger partial charge on any atom is -0.453 e. The minimum atomic E-state index is -0.448. The molecule has 0 aromatic carbocycles. The molecule has 1 amide bonds. The van der Waals surface area contributed by atoms with Crippen molar-refractivity contribution in [2.24, 2.45) is 0 Å². The van der Waals surface area contributed by atoms with E-state index in [9.17, 15) is 4.79 Å². The number of rotatable bonds is 2. The van der Waals surface area contributed by atoms with E-state index in [2.05, 4.69) is 15.0 Å². The fourth-order valence-electron chi connectivity index (χ4n) is 1.15. The molecular weight excluding hydrogens is 180 g/mol. The van der Waals surface area contributed by atoms with Gasteiger partial charge in [0.25, 0.3) is 0 Å². The summed E-state index contributed by atoms with van der Waals surface area (Å²) in [4.78, 5) is 15.0. The molecule has 1 N–H and O–H groups in total. The van der Waals surface area contributed by atoms with Gasteiger partial charge in [-0.25, -0.2) is 4.79 Å². The van der Waals surface area contributed by atoms with Crippen LogP contribution in [0.25, 0.3) is 0 Å². The molecule has 0 spiro atoms. The van der Waals surface area contributed by atoms with E-state index in [1.165, 1.54) is 7.11 Å². The van der Waals surface area contributed by atoms with Gasteiger partial charge in [-0.2, -0.15) is 0 Å². The van der Waals surface area contributed by atoms with E-state index in [4.69, 9.17) is 0 Å². The zero-order valence-corrected chi connectivity index (χ0v) is 8.57. The molecule has 1 rings (SSSR count). The van der Waals surface area contributed by atoms with Gasteiger partial charge in [-0.3, -0.25) is 4.98 Å². The van der Waals surface area contributed by atoms with Crippen LogP contribution in [0.15, 0.2) is 24.5 Å². The predicted molar refractivity (Wildman–Crippen MR) is 52.8 cm³/mol. The first-order valence-corrected chi connectivity index (χ1v) is 4.33. The summed E-state index contributed by atoms with van der Waals surface area (Å²) in [5, 5.41) is 2.73. The SMILES string of the molecule is COC(=O)NC(C)(C)c1ccncc1. The summed E-state index contributed by atoms with van der Waals surface area (Å²) < 4.78 is 4.54. The number of pyridine rings is 1. The number of carbonyl (C=O) groups is 1. The fraction of sp³-hybridized carbons (Fsp3) is 0.400. The average Bonchev–Trinajstić information content (AvgIpc) is 2.18. The number of alkyl carbamates (subject to hydrolysis) is 1. The number of carbonyl (C=O) groups excluding carboxylic acids is 1. The van der Waals surface area contributed by atoms with Crippen LogP contribution in [0, 0.1) is 0 Å². The Bertz CT molecular complexity index is 309. The first-order chi connectivity index (χ1) is 6.56. The highest BCUT2D eigenvalue weighted by Gasteiger charge is 2.22. The van der Waals surface area contributed by atoms with Crippen LogP contribution in [-0.4, -0.2) is 18.2 Å². The number of nitrogens with one attached hydrogen (secondary N) is 1. The monoisotopic (exact) mass is 194 g/mol. The molecule has 4 nitrogen and oxygen atoms in total. The molecule has 0 saturated heterocycles. The Hall–Kier alpha value is -1.58. The first-order valence-electron chi connectivity index (χ1n) is 4.33. The number of aromatic nitrogens is 1. The number of nitrogens with zero attached hydrogens (tertiary/aromatic N) is 1. The molecule has 0 bridgehead atoms. The molecule has 0 aliphatic carbocycles. The molecule has 0 radical (unpaired) electrons. The van der Waals surface area contributed by atoms with Crippen LogP contribution in [0.2, 0.25) is 0 Å². The topological polar surface area (TPSA) is 51.2 Å². The maximum atomic E-state index is 11.1. The van der Waals surface area contributed by atoms with Crippen LogP contribution in [0.4, 0.5) is 4.79 Å². The Labute approximate surface area is 83.3 Å². The number of amides is 1. The molecule has 0 aliphatic heterocycles. The van der Waals surface area contributed by atoms with Crippen molar-refractivity contribution in [3.8, 4) is 0 Å². The standard InChI is InChI=1S/C10H14N2O2/c1-10(2,12-9(13)14-3)8-4-6-11-7-5-8/h4-7H,1-3H3,(H,12,13).